The number of rotatable bonds is 4. The molecule has 4 rings (SSSR count). The van der Waals surface area contributed by atoms with Gasteiger partial charge in [-0.25, -0.2) is 4.98 Å². The van der Waals surface area contributed by atoms with Gasteiger partial charge in [-0.15, -0.1) is 0 Å². The van der Waals surface area contributed by atoms with Gasteiger partial charge in [-0.2, -0.15) is 0 Å². The van der Waals surface area contributed by atoms with Gasteiger partial charge in [-0.3, -0.25) is 14.3 Å². The van der Waals surface area contributed by atoms with Crippen molar-refractivity contribution in [1.29, 1.82) is 0 Å². The first-order valence-corrected chi connectivity index (χ1v) is 10.1. The molecule has 2 aromatic rings. The molecule has 1 unspecified atom stereocenters. The molecule has 1 saturated heterocycles. The molecule has 0 radical (unpaired) electrons. The minimum Gasteiger partial charge on any atom is -0.375 e. The maximum Gasteiger partial charge on any atom is 0.255 e. The van der Waals surface area contributed by atoms with Crippen molar-refractivity contribution in [2.24, 2.45) is 13.0 Å². The zero-order valence-electron chi connectivity index (χ0n) is 16.0. The molecule has 1 atom stereocenters. The molecule has 6 nitrogen and oxygen atoms in total. The molecular formula is C21H28N4O2. The second kappa shape index (κ2) is 8.21. The highest BCUT2D eigenvalue weighted by molar-refractivity contribution is 5.59. The zero-order chi connectivity index (χ0) is 18.6. The SMILES string of the molecule is Cn1c(N2CCOC(CC3CCCCC3)C2)nc(-c2ccncc2)cc1=O. The number of nitrogens with zero attached hydrogens (tertiary/aromatic N) is 4. The van der Waals surface area contributed by atoms with E-state index >= 15 is 0 Å². The Balaban J connectivity index is 1.54. The molecule has 0 aromatic carbocycles. The van der Waals surface area contributed by atoms with Crippen LogP contribution in [0.1, 0.15) is 38.5 Å². The lowest BCUT2D eigenvalue weighted by Gasteiger charge is -2.36. The molecule has 0 N–H and O–H groups in total. The number of ether oxygens (including phenoxy) is 1. The van der Waals surface area contributed by atoms with Crippen molar-refractivity contribution >= 4 is 5.95 Å². The normalized spacial score (nSPS) is 21.4. The number of anilines is 1. The van der Waals surface area contributed by atoms with Crippen molar-refractivity contribution < 1.29 is 4.74 Å². The highest BCUT2D eigenvalue weighted by Gasteiger charge is 2.27. The molecule has 2 aromatic heterocycles. The largest absolute Gasteiger partial charge is 0.375 e. The number of hydrogen-bond donors (Lipinski definition) is 0. The Morgan fingerprint density at radius 2 is 1.96 bits per heavy atom. The van der Waals surface area contributed by atoms with Crippen LogP contribution in [0.25, 0.3) is 11.3 Å². The summed E-state index contributed by atoms with van der Waals surface area (Å²) in [5, 5.41) is 0. The molecule has 27 heavy (non-hydrogen) atoms. The molecule has 2 aliphatic rings. The lowest BCUT2D eigenvalue weighted by Crippen LogP contribution is -2.45. The van der Waals surface area contributed by atoms with Crippen LogP contribution in [0.2, 0.25) is 0 Å². The summed E-state index contributed by atoms with van der Waals surface area (Å²) in [5.41, 5.74) is 1.57. The third-order valence-corrected chi connectivity index (χ3v) is 5.83. The summed E-state index contributed by atoms with van der Waals surface area (Å²) in [6, 6.07) is 5.37. The number of pyridine rings is 1. The van der Waals surface area contributed by atoms with Crippen LogP contribution in [-0.4, -0.2) is 40.3 Å². The Morgan fingerprint density at radius 1 is 1.19 bits per heavy atom. The molecule has 1 saturated carbocycles. The number of hydrogen-bond acceptors (Lipinski definition) is 5. The monoisotopic (exact) mass is 368 g/mol. The Hall–Kier alpha value is -2.21. The third-order valence-electron chi connectivity index (χ3n) is 5.83. The van der Waals surface area contributed by atoms with Crippen molar-refractivity contribution in [3.05, 3.63) is 40.9 Å². The van der Waals surface area contributed by atoms with Gasteiger partial charge in [0.05, 0.1) is 18.4 Å². The first-order valence-electron chi connectivity index (χ1n) is 10.1. The topological polar surface area (TPSA) is 60.2 Å². The highest BCUT2D eigenvalue weighted by Crippen LogP contribution is 2.29. The van der Waals surface area contributed by atoms with E-state index in [0.717, 1.165) is 36.9 Å². The van der Waals surface area contributed by atoms with Crippen LogP contribution in [0, 0.1) is 5.92 Å². The minimum absolute atomic E-state index is 0.0397. The van der Waals surface area contributed by atoms with E-state index in [0.29, 0.717) is 12.3 Å². The second-order valence-corrected chi connectivity index (χ2v) is 7.75. The van der Waals surface area contributed by atoms with Crippen LogP contribution in [0.15, 0.2) is 35.4 Å². The van der Waals surface area contributed by atoms with Crippen molar-refractivity contribution in [1.82, 2.24) is 14.5 Å². The van der Waals surface area contributed by atoms with Crippen LogP contribution < -0.4 is 10.5 Å². The Morgan fingerprint density at radius 3 is 2.74 bits per heavy atom. The van der Waals surface area contributed by atoms with Gasteiger partial charge in [0.15, 0.2) is 0 Å². The van der Waals surface area contributed by atoms with Crippen molar-refractivity contribution in [3.63, 3.8) is 0 Å². The highest BCUT2D eigenvalue weighted by atomic mass is 16.5. The van der Waals surface area contributed by atoms with Crippen molar-refractivity contribution in [2.75, 3.05) is 24.6 Å². The van der Waals surface area contributed by atoms with E-state index in [1.165, 1.54) is 32.1 Å². The molecule has 0 spiro atoms. The fourth-order valence-corrected chi connectivity index (χ4v) is 4.32. The van der Waals surface area contributed by atoms with Crippen LogP contribution in [0.4, 0.5) is 5.95 Å². The fraction of sp³-hybridized carbons (Fsp3) is 0.571. The number of aromatic nitrogens is 3. The predicted octanol–water partition coefficient (Wildman–Crippen LogP) is 3.02. The van der Waals surface area contributed by atoms with E-state index < -0.39 is 0 Å². The van der Waals surface area contributed by atoms with Crippen LogP contribution >= 0.6 is 0 Å². The van der Waals surface area contributed by atoms with E-state index in [1.807, 2.05) is 12.1 Å². The van der Waals surface area contributed by atoms with Gasteiger partial charge in [0.2, 0.25) is 5.95 Å². The van der Waals surface area contributed by atoms with Crippen LogP contribution in [-0.2, 0) is 11.8 Å². The van der Waals surface area contributed by atoms with Gasteiger partial charge >= 0.3 is 0 Å². The van der Waals surface area contributed by atoms with Gasteiger partial charge in [-0.05, 0) is 24.5 Å². The molecule has 3 heterocycles. The summed E-state index contributed by atoms with van der Waals surface area (Å²) in [4.78, 5) is 23.6. The summed E-state index contributed by atoms with van der Waals surface area (Å²) in [5.74, 6) is 1.51. The maximum absolute atomic E-state index is 12.5. The zero-order valence-corrected chi connectivity index (χ0v) is 16.0. The van der Waals surface area contributed by atoms with E-state index in [4.69, 9.17) is 9.72 Å². The lowest BCUT2D eigenvalue weighted by atomic mass is 9.85. The molecular weight excluding hydrogens is 340 g/mol. The summed E-state index contributed by atoms with van der Waals surface area (Å²) in [7, 11) is 1.80. The van der Waals surface area contributed by atoms with Gasteiger partial charge in [-0.1, -0.05) is 32.1 Å². The van der Waals surface area contributed by atoms with E-state index in [1.54, 1.807) is 30.1 Å². The van der Waals surface area contributed by atoms with Gasteiger partial charge < -0.3 is 9.64 Å². The molecule has 2 fully saturated rings. The summed E-state index contributed by atoms with van der Waals surface area (Å²) < 4.78 is 7.70. The Labute approximate surface area is 160 Å². The van der Waals surface area contributed by atoms with Crippen LogP contribution in [0.3, 0.4) is 0 Å². The molecule has 0 bridgehead atoms. The van der Waals surface area contributed by atoms with Crippen molar-refractivity contribution in [3.8, 4) is 11.3 Å². The standard InChI is InChI=1S/C21H28N4O2/c1-24-20(26)14-19(17-7-9-22-10-8-17)23-21(24)25-11-12-27-18(15-25)13-16-5-3-2-4-6-16/h7-10,14,16,18H,2-6,11-13,15H2,1H3. The third kappa shape index (κ3) is 4.21. The molecule has 6 heteroatoms. The fourth-order valence-electron chi connectivity index (χ4n) is 4.32. The summed E-state index contributed by atoms with van der Waals surface area (Å²) >= 11 is 0. The van der Waals surface area contributed by atoms with Gasteiger partial charge in [0.25, 0.3) is 5.56 Å². The summed E-state index contributed by atoms with van der Waals surface area (Å²) in [6.45, 7) is 2.25. The summed E-state index contributed by atoms with van der Waals surface area (Å²) in [6.07, 6.45) is 11.5. The van der Waals surface area contributed by atoms with Gasteiger partial charge in [0, 0.05) is 44.2 Å². The van der Waals surface area contributed by atoms with Crippen molar-refractivity contribution in [2.45, 2.75) is 44.6 Å². The Bertz CT molecular complexity index is 815. The first-order chi connectivity index (χ1) is 13.2. The van der Waals surface area contributed by atoms with Gasteiger partial charge in [0.1, 0.15) is 0 Å². The number of morpholine rings is 1. The second-order valence-electron chi connectivity index (χ2n) is 7.75. The van der Waals surface area contributed by atoms with Crippen LogP contribution in [0.5, 0.6) is 0 Å². The predicted molar refractivity (Wildman–Crippen MR) is 106 cm³/mol. The lowest BCUT2D eigenvalue weighted by molar-refractivity contribution is 0.0201. The Kier molecular flexibility index (Phi) is 5.53. The minimum atomic E-state index is -0.0397. The van der Waals surface area contributed by atoms with E-state index in [9.17, 15) is 4.79 Å². The van der Waals surface area contributed by atoms with E-state index in [-0.39, 0.29) is 11.7 Å². The average molecular weight is 368 g/mol. The quantitative estimate of drug-likeness (QED) is 0.830. The average Bonchev–Trinajstić information content (AvgIpc) is 2.71. The molecule has 1 aliphatic heterocycles. The molecule has 1 aliphatic carbocycles. The first kappa shape index (κ1) is 18.2. The smallest absolute Gasteiger partial charge is 0.255 e. The molecule has 0 amide bonds. The van der Waals surface area contributed by atoms with E-state index in [2.05, 4.69) is 9.88 Å². The molecule has 144 valence electrons. The maximum atomic E-state index is 12.5.